The molecule has 1 aromatic carbocycles. The molecule has 0 saturated heterocycles. The van der Waals surface area contributed by atoms with E-state index in [0.29, 0.717) is 5.56 Å². The van der Waals surface area contributed by atoms with Crippen LogP contribution in [0, 0.1) is 11.8 Å². The molecule has 0 aromatic heterocycles. The molecule has 1 unspecified atom stereocenters. The largest absolute Gasteiger partial charge is 0.462 e. The minimum absolute atomic E-state index is 0.0797. The second kappa shape index (κ2) is 6.34. The fourth-order valence-corrected chi connectivity index (χ4v) is 1.77. The van der Waals surface area contributed by atoms with E-state index in [4.69, 9.17) is 4.74 Å². The second-order valence-electron chi connectivity index (χ2n) is 4.94. The molecule has 0 aliphatic rings. The average molecular weight is 248 g/mol. The van der Waals surface area contributed by atoms with Crippen molar-refractivity contribution in [3.63, 3.8) is 0 Å². The highest BCUT2D eigenvalue weighted by atomic mass is 16.5. The van der Waals surface area contributed by atoms with Gasteiger partial charge in [0.1, 0.15) is 5.92 Å². The molecule has 1 aromatic rings. The predicted octanol–water partition coefficient (Wildman–Crippen LogP) is 3.09. The molecule has 0 spiro atoms. The summed E-state index contributed by atoms with van der Waals surface area (Å²) in [5, 5.41) is 0. The van der Waals surface area contributed by atoms with Gasteiger partial charge < -0.3 is 4.74 Å². The normalized spacial score (nSPS) is 12.6. The van der Waals surface area contributed by atoms with Gasteiger partial charge in [-0.3, -0.25) is 9.59 Å². The first-order valence-corrected chi connectivity index (χ1v) is 6.23. The smallest absolute Gasteiger partial charge is 0.317 e. The summed E-state index contributed by atoms with van der Waals surface area (Å²) in [5.74, 6) is -1.41. The molecular formula is C15H20O3. The van der Waals surface area contributed by atoms with E-state index in [1.165, 1.54) is 0 Å². The highest BCUT2D eigenvalue weighted by Gasteiger charge is 2.32. The Bertz CT molecular complexity index is 407. The Kier molecular flexibility index (Phi) is 5.08. The monoisotopic (exact) mass is 248 g/mol. The van der Waals surface area contributed by atoms with Gasteiger partial charge >= 0.3 is 5.97 Å². The van der Waals surface area contributed by atoms with Crippen LogP contribution in [0.4, 0.5) is 0 Å². The third-order valence-electron chi connectivity index (χ3n) is 2.61. The molecule has 1 atom stereocenters. The summed E-state index contributed by atoms with van der Waals surface area (Å²) in [5.41, 5.74) is 0.553. The fraction of sp³-hybridized carbons (Fsp3) is 0.467. The molecule has 3 nitrogen and oxygen atoms in total. The number of hydrogen-bond acceptors (Lipinski definition) is 3. The molecule has 0 fully saturated rings. The van der Waals surface area contributed by atoms with Crippen molar-refractivity contribution >= 4 is 11.8 Å². The molecule has 0 heterocycles. The van der Waals surface area contributed by atoms with E-state index in [0.717, 1.165) is 0 Å². The number of carbonyl (C=O) groups is 2. The third-order valence-corrected chi connectivity index (χ3v) is 2.61. The summed E-state index contributed by atoms with van der Waals surface area (Å²) in [6.07, 6.45) is -0.206. The van der Waals surface area contributed by atoms with Crippen LogP contribution in [0.3, 0.4) is 0 Å². The van der Waals surface area contributed by atoms with E-state index >= 15 is 0 Å². The number of esters is 1. The lowest BCUT2D eigenvalue weighted by Crippen LogP contribution is -2.32. The lowest BCUT2D eigenvalue weighted by Gasteiger charge is -2.19. The molecule has 0 N–H and O–H groups in total. The SMILES string of the molecule is CC(C)OC(=O)C(C(=O)c1ccccc1)C(C)C. The zero-order chi connectivity index (χ0) is 13.7. The van der Waals surface area contributed by atoms with E-state index in [9.17, 15) is 9.59 Å². The topological polar surface area (TPSA) is 43.4 Å². The van der Waals surface area contributed by atoms with Crippen LogP contribution in [0.25, 0.3) is 0 Å². The molecule has 98 valence electrons. The summed E-state index contributed by atoms with van der Waals surface area (Å²) in [6, 6.07) is 8.87. The van der Waals surface area contributed by atoms with Gasteiger partial charge in [0, 0.05) is 5.56 Å². The van der Waals surface area contributed by atoms with Crippen LogP contribution in [0.5, 0.6) is 0 Å². The number of benzene rings is 1. The Labute approximate surface area is 108 Å². The number of rotatable bonds is 5. The van der Waals surface area contributed by atoms with Gasteiger partial charge in [-0.2, -0.15) is 0 Å². The molecule has 0 bridgehead atoms. The molecule has 0 radical (unpaired) electrons. The maximum Gasteiger partial charge on any atom is 0.317 e. The summed E-state index contributed by atoms with van der Waals surface area (Å²) in [4.78, 5) is 24.3. The minimum Gasteiger partial charge on any atom is -0.462 e. The number of ether oxygens (including phenoxy) is 1. The van der Waals surface area contributed by atoms with Crippen molar-refractivity contribution in [2.45, 2.75) is 33.8 Å². The quantitative estimate of drug-likeness (QED) is 0.457. The average Bonchev–Trinajstić information content (AvgIpc) is 2.28. The first-order valence-electron chi connectivity index (χ1n) is 6.23. The molecule has 0 aliphatic carbocycles. The highest BCUT2D eigenvalue weighted by Crippen LogP contribution is 2.19. The van der Waals surface area contributed by atoms with Gasteiger partial charge in [-0.05, 0) is 19.8 Å². The van der Waals surface area contributed by atoms with E-state index in [2.05, 4.69) is 0 Å². The lowest BCUT2D eigenvalue weighted by molar-refractivity contribution is -0.151. The maximum absolute atomic E-state index is 12.3. The number of hydrogen-bond donors (Lipinski definition) is 0. The van der Waals surface area contributed by atoms with Gasteiger partial charge in [-0.1, -0.05) is 44.2 Å². The van der Waals surface area contributed by atoms with Crippen LogP contribution < -0.4 is 0 Å². The first kappa shape index (κ1) is 14.4. The Morgan fingerprint density at radius 3 is 2.00 bits per heavy atom. The lowest BCUT2D eigenvalue weighted by atomic mass is 9.88. The van der Waals surface area contributed by atoms with Crippen LogP contribution in [0.2, 0.25) is 0 Å². The van der Waals surface area contributed by atoms with Crippen LogP contribution >= 0.6 is 0 Å². The van der Waals surface area contributed by atoms with Crippen molar-refractivity contribution in [3.8, 4) is 0 Å². The van der Waals surface area contributed by atoms with Crippen molar-refractivity contribution < 1.29 is 14.3 Å². The van der Waals surface area contributed by atoms with Crippen LogP contribution in [-0.2, 0) is 9.53 Å². The van der Waals surface area contributed by atoms with E-state index in [-0.39, 0.29) is 17.8 Å². The summed E-state index contributed by atoms with van der Waals surface area (Å²) < 4.78 is 5.16. The van der Waals surface area contributed by atoms with Gasteiger partial charge in [0.05, 0.1) is 6.10 Å². The fourth-order valence-electron chi connectivity index (χ4n) is 1.77. The van der Waals surface area contributed by atoms with Gasteiger partial charge in [0.2, 0.25) is 0 Å². The standard InChI is InChI=1S/C15H20O3/c1-10(2)13(15(17)18-11(3)4)14(16)12-8-6-5-7-9-12/h5-11,13H,1-4H3. The van der Waals surface area contributed by atoms with Gasteiger partial charge in [-0.25, -0.2) is 0 Å². The number of ketones is 1. The molecule has 0 amide bonds. The predicted molar refractivity (Wildman–Crippen MR) is 70.3 cm³/mol. The van der Waals surface area contributed by atoms with Gasteiger partial charge in [0.15, 0.2) is 5.78 Å². The van der Waals surface area contributed by atoms with Crippen molar-refractivity contribution in [2.24, 2.45) is 11.8 Å². The highest BCUT2D eigenvalue weighted by molar-refractivity contribution is 6.08. The third kappa shape index (κ3) is 3.69. The van der Waals surface area contributed by atoms with E-state index < -0.39 is 11.9 Å². The molecular weight excluding hydrogens is 228 g/mol. The number of Topliss-reactive ketones (excluding diaryl/α,β-unsaturated/α-hetero) is 1. The van der Waals surface area contributed by atoms with Crippen LogP contribution in [0.15, 0.2) is 30.3 Å². The van der Waals surface area contributed by atoms with Crippen LogP contribution in [0.1, 0.15) is 38.1 Å². The Morgan fingerprint density at radius 2 is 1.56 bits per heavy atom. The Hall–Kier alpha value is -1.64. The Morgan fingerprint density at radius 1 is 1.00 bits per heavy atom. The van der Waals surface area contributed by atoms with Gasteiger partial charge in [0.25, 0.3) is 0 Å². The van der Waals surface area contributed by atoms with Gasteiger partial charge in [-0.15, -0.1) is 0 Å². The van der Waals surface area contributed by atoms with E-state index in [1.807, 2.05) is 19.9 Å². The zero-order valence-corrected chi connectivity index (χ0v) is 11.3. The van der Waals surface area contributed by atoms with Crippen molar-refractivity contribution in [2.75, 3.05) is 0 Å². The maximum atomic E-state index is 12.3. The Balaban J connectivity index is 2.93. The molecule has 1 rings (SSSR count). The minimum atomic E-state index is -0.727. The second-order valence-corrected chi connectivity index (χ2v) is 4.94. The van der Waals surface area contributed by atoms with Crippen LogP contribution in [-0.4, -0.2) is 17.9 Å². The summed E-state index contributed by atoms with van der Waals surface area (Å²) >= 11 is 0. The molecule has 3 heteroatoms. The summed E-state index contributed by atoms with van der Waals surface area (Å²) in [7, 11) is 0. The molecule has 0 aliphatic heterocycles. The van der Waals surface area contributed by atoms with Crippen molar-refractivity contribution in [1.29, 1.82) is 0 Å². The van der Waals surface area contributed by atoms with Crippen molar-refractivity contribution in [3.05, 3.63) is 35.9 Å². The number of carbonyl (C=O) groups excluding carboxylic acids is 2. The molecule has 18 heavy (non-hydrogen) atoms. The molecule has 0 saturated carbocycles. The van der Waals surface area contributed by atoms with Crippen molar-refractivity contribution in [1.82, 2.24) is 0 Å². The first-order chi connectivity index (χ1) is 8.43. The van der Waals surface area contributed by atoms with E-state index in [1.54, 1.807) is 38.1 Å². The zero-order valence-electron chi connectivity index (χ0n) is 11.3. The summed E-state index contributed by atoms with van der Waals surface area (Å²) in [6.45, 7) is 7.27.